The van der Waals surface area contributed by atoms with E-state index in [0.29, 0.717) is 77.9 Å². The zero-order valence-electron chi connectivity index (χ0n) is 26.2. The fraction of sp³-hybridized carbons (Fsp3) is 0.0263. The Balaban J connectivity index is 1.52. The molecule has 8 bridgehead atoms. The number of non-ortho nitro benzene ring substituents is 2. The number of hydrogen-bond acceptors (Lipinski definition) is 5. The number of nitrogens with zero attached hydrogens (tertiary/aromatic N) is 3. The summed E-state index contributed by atoms with van der Waals surface area (Å²) in [5.41, 5.74) is 6.89. The summed E-state index contributed by atoms with van der Waals surface area (Å²) in [6.07, 6.45) is -0.912. The van der Waals surface area contributed by atoms with Crippen LogP contribution >= 0.6 is 0 Å². The zero-order chi connectivity index (χ0) is 35.4. The molecule has 3 aromatic carbocycles. The van der Waals surface area contributed by atoms with Crippen LogP contribution in [0.25, 0.3) is 78.6 Å². The fourth-order valence-electron chi connectivity index (χ4n) is 6.44. The number of alkyl halides is 3. The van der Waals surface area contributed by atoms with Crippen molar-refractivity contribution in [2.75, 3.05) is 0 Å². The minimum absolute atomic E-state index is 0.100. The lowest BCUT2D eigenvalue weighted by atomic mass is 10.0. The lowest BCUT2D eigenvalue weighted by Gasteiger charge is -2.08. The van der Waals surface area contributed by atoms with Crippen LogP contribution in [0, 0.1) is 20.2 Å². The van der Waals surface area contributed by atoms with E-state index in [2.05, 4.69) is 15.0 Å². The van der Waals surface area contributed by atoms with Gasteiger partial charge in [0, 0.05) is 68.5 Å². The number of nitro groups is 2. The summed E-state index contributed by atoms with van der Waals surface area (Å²) in [6.45, 7) is 0. The number of rotatable bonds is 5. The van der Waals surface area contributed by atoms with Crippen LogP contribution in [0.2, 0.25) is 0 Å². The third kappa shape index (κ3) is 5.65. The summed E-state index contributed by atoms with van der Waals surface area (Å²) >= 11 is 0. The van der Waals surface area contributed by atoms with E-state index in [1.54, 1.807) is 48.5 Å². The molecule has 0 amide bonds. The van der Waals surface area contributed by atoms with Gasteiger partial charge in [-0.25, -0.2) is 4.98 Å². The Hall–Kier alpha value is -7.02. The van der Waals surface area contributed by atoms with Gasteiger partial charge in [0.05, 0.1) is 32.3 Å². The Morgan fingerprint density at radius 1 is 0.510 bits per heavy atom. The van der Waals surface area contributed by atoms with E-state index in [9.17, 15) is 33.4 Å². The molecule has 0 aliphatic carbocycles. The van der Waals surface area contributed by atoms with Gasteiger partial charge in [-0.2, -0.15) is 13.2 Å². The molecule has 1 aliphatic rings. The normalized spacial score (nSPS) is 12.1. The van der Waals surface area contributed by atoms with Crippen molar-refractivity contribution in [2.45, 2.75) is 6.18 Å². The van der Waals surface area contributed by atoms with Crippen molar-refractivity contribution in [1.82, 2.24) is 19.9 Å². The summed E-state index contributed by atoms with van der Waals surface area (Å²) in [5.74, 6) is 0. The minimum Gasteiger partial charge on any atom is -0.354 e. The largest absolute Gasteiger partial charge is 0.416 e. The predicted octanol–water partition coefficient (Wildman–Crippen LogP) is 10.5. The minimum atomic E-state index is -4.53. The highest BCUT2D eigenvalue weighted by Gasteiger charge is 2.30. The first-order valence-corrected chi connectivity index (χ1v) is 15.5. The SMILES string of the molecule is O=[N+]([O-])c1cccc(-c2c3nc(c4ccc([nH]4)c(-c4cccc([N+](=O)[O-])c4)c4ccc([nH]4)c(-c4ccc(C(F)(F)F)cc4)c4ccc2[nH]4)C=C3)c1. The van der Waals surface area contributed by atoms with Crippen molar-refractivity contribution in [3.63, 3.8) is 0 Å². The van der Waals surface area contributed by atoms with Gasteiger partial charge in [-0.1, -0.05) is 36.4 Å². The van der Waals surface area contributed by atoms with Crippen molar-refractivity contribution < 1.29 is 23.0 Å². The highest BCUT2D eigenvalue weighted by atomic mass is 19.4. The molecule has 0 saturated carbocycles. The zero-order valence-corrected chi connectivity index (χ0v) is 26.2. The average Bonchev–Trinajstić information content (AvgIpc) is 3.94. The molecule has 13 heteroatoms. The molecule has 0 saturated heterocycles. The van der Waals surface area contributed by atoms with Gasteiger partial charge in [0.15, 0.2) is 0 Å². The number of benzene rings is 3. The third-order valence-electron chi connectivity index (χ3n) is 8.77. The molecule has 51 heavy (non-hydrogen) atoms. The number of halogens is 3. The number of hydrogen-bond donors (Lipinski definition) is 3. The van der Waals surface area contributed by atoms with Gasteiger partial charge in [0.2, 0.25) is 0 Å². The van der Waals surface area contributed by atoms with Crippen LogP contribution in [0.1, 0.15) is 17.0 Å². The van der Waals surface area contributed by atoms with Crippen LogP contribution in [0.4, 0.5) is 24.5 Å². The maximum Gasteiger partial charge on any atom is 0.416 e. The number of nitro benzene ring substituents is 2. The molecule has 0 spiro atoms. The van der Waals surface area contributed by atoms with Gasteiger partial charge in [0.25, 0.3) is 11.4 Å². The first-order valence-electron chi connectivity index (χ1n) is 15.5. The molecule has 0 atom stereocenters. The van der Waals surface area contributed by atoms with Gasteiger partial charge < -0.3 is 15.0 Å². The number of fused-ring (bicyclic) bond motifs is 9. The predicted molar refractivity (Wildman–Crippen MR) is 190 cm³/mol. The molecule has 7 aromatic rings. The van der Waals surface area contributed by atoms with Crippen LogP contribution in [0.5, 0.6) is 0 Å². The molecule has 5 heterocycles. The lowest BCUT2D eigenvalue weighted by Crippen LogP contribution is -2.04. The van der Waals surface area contributed by atoms with Crippen molar-refractivity contribution in [3.05, 3.63) is 146 Å². The first-order chi connectivity index (χ1) is 24.5. The average molecular weight is 685 g/mol. The highest BCUT2D eigenvalue weighted by Crippen LogP contribution is 2.38. The van der Waals surface area contributed by atoms with Crippen LogP contribution < -0.4 is 0 Å². The second-order valence-electron chi connectivity index (χ2n) is 11.9. The maximum atomic E-state index is 13.6. The van der Waals surface area contributed by atoms with E-state index in [1.165, 1.54) is 36.4 Å². The second-order valence-corrected chi connectivity index (χ2v) is 11.9. The van der Waals surface area contributed by atoms with E-state index >= 15 is 0 Å². The Labute approximate surface area is 285 Å². The van der Waals surface area contributed by atoms with Gasteiger partial charge in [-0.3, -0.25) is 20.2 Å². The summed E-state index contributed by atoms with van der Waals surface area (Å²) < 4.78 is 40.8. The van der Waals surface area contributed by atoms with E-state index in [4.69, 9.17) is 4.98 Å². The quantitative estimate of drug-likeness (QED) is 0.122. The van der Waals surface area contributed by atoms with Crippen LogP contribution in [-0.4, -0.2) is 29.8 Å². The lowest BCUT2D eigenvalue weighted by molar-refractivity contribution is -0.385. The summed E-state index contributed by atoms with van der Waals surface area (Å²) in [4.78, 5) is 37.7. The molecular weight excluding hydrogens is 661 g/mol. The summed E-state index contributed by atoms with van der Waals surface area (Å²) in [5, 5.41) is 23.5. The molecule has 0 radical (unpaired) electrons. The van der Waals surface area contributed by atoms with Crippen LogP contribution in [0.15, 0.2) is 109 Å². The van der Waals surface area contributed by atoms with Crippen molar-refractivity contribution in [1.29, 1.82) is 0 Å². The Kier molecular flexibility index (Phi) is 7.26. The molecule has 1 aliphatic heterocycles. The maximum absolute atomic E-state index is 13.6. The van der Waals surface area contributed by atoms with E-state index in [1.807, 2.05) is 24.3 Å². The highest BCUT2D eigenvalue weighted by molar-refractivity contribution is 6.00. The number of H-pyrrole nitrogens is 3. The Morgan fingerprint density at radius 3 is 1.45 bits per heavy atom. The molecule has 10 nitrogen and oxygen atoms in total. The van der Waals surface area contributed by atoms with Crippen LogP contribution in [0.3, 0.4) is 0 Å². The molecule has 8 rings (SSSR count). The topological polar surface area (TPSA) is 147 Å². The van der Waals surface area contributed by atoms with E-state index in [-0.39, 0.29) is 11.4 Å². The monoisotopic (exact) mass is 684 g/mol. The smallest absolute Gasteiger partial charge is 0.354 e. The van der Waals surface area contributed by atoms with E-state index < -0.39 is 21.6 Å². The van der Waals surface area contributed by atoms with Crippen molar-refractivity contribution >= 4 is 56.6 Å². The molecule has 3 N–H and O–H groups in total. The van der Waals surface area contributed by atoms with Crippen molar-refractivity contribution in [2.24, 2.45) is 0 Å². The number of aromatic amines is 3. The van der Waals surface area contributed by atoms with Gasteiger partial charge in [0.1, 0.15) is 0 Å². The third-order valence-corrected chi connectivity index (χ3v) is 8.77. The van der Waals surface area contributed by atoms with Gasteiger partial charge in [-0.05, 0) is 77.4 Å². The molecule has 250 valence electrons. The number of nitrogens with one attached hydrogen (secondary N) is 3. The molecular formula is C38H23F3N6O4. The summed E-state index contributed by atoms with van der Waals surface area (Å²) in [7, 11) is 0. The number of aromatic nitrogens is 4. The van der Waals surface area contributed by atoms with Gasteiger partial charge >= 0.3 is 6.18 Å². The van der Waals surface area contributed by atoms with E-state index in [0.717, 1.165) is 12.1 Å². The molecule has 0 fully saturated rings. The second kappa shape index (κ2) is 11.8. The Bertz CT molecular complexity index is 2710. The standard InChI is InChI=1S/C38H23F3N6O4/c39-38(40,41)24-9-7-21(8-10-24)35-29-15-17-33(44-29)36(22-3-1-5-25(19-22)46(48)49)31-13-11-27(42-31)28-12-14-32(43-28)37(34-18-16-30(35)45-34)23-4-2-6-26(20-23)47(50)51/h1-20,42,44-45H. The summed E-state index contributed by atoms with van der Waals surface area (Å²) in [6, 6.07) is 28.1. The fourth-order valence-corrected chi connectivity index (χ4v) is 6.44. The first kappa shape index (κ1) is 31.3. The molecule has 4 aromatic heterocycles. The van der Waals surface area contributed by atoms with Gasteiger partial charge in [-0.15, -0.1) is 0 Å². The van der Waals surface area contributed by atoms with Crippen molar-refractivity contribution in [3.8, 4) is 33.4 Å². The van der Waals surface area contributed by atoms with Crippen LogP contribution in [-0.2, 0) is 6.18 Å². The Morgan fingerprint density at radius 2 is 0.941 bits per heavy atom. The molecule has 0 unspecified atom stereocenters.